The highest BCUT2D eigenvalue weighted by molar-refractivity contribution is 5.80. The summed E-state index contributed by atoms with van der Waals surface area (Å²) in [5.74, 6) is 2.44. The van der Waals surface area contributed by atoms with Crippen LogP contribution in [0.4, 0.5) is 0 Å². The number of aliphatic imine (C=N–C) groups is 1. The SMILES string of the molecule is CC(NC(=NCCCOCC1CCOCC1)NCCc1ccco1)c1ccccc1. The maximum atomic E-state index is 5.86. The third-order valence-electron chi connectivity index (χ3n) is 5.31. The first-order chi connectivity index (χ1) is 14.8. The predicted octanol–water partition coefficient (Wildman–Crippen LogP) is 3.95. The first kappa shape index (κ1) is 22.4. The Labute approximate surface area is 180 Å². The lowest BCUT2D eigenvalue weighted by Gasteiger charge is -2.21. The van der Waals surface area contributed by atoms with Crippen LogP contribution >= 0.6 is 0 Å². The summed E-state index contributed by atoms with van der Waals surface area (Å²) in [6.07, 6.45) is 5.67. The molecule has 3 rings (SSSR count). The molecule has 0 saturated carbocycles. The number of benzene rings is 1. The van der Waals surface area contributed by atoms with Crippen molar-refractivity contribution in [3.8, 4) is 0 Å². The zero-order valence-corrected chi connectivity index (χ0v) is 18.0. The lowest BCUT2D eigenvalue weighted by Crippen LogP contribution is -2.40. The van der Waals surface area contributed by atoms with E-state index < -0.39 is 0 Å². The van der Waals surface area contributed by atoms with Crippen LogP contribution in [-0.4, -0.2) is 45.5 Å². The van der Waals surface area contributed by atoms with Crippen molar-refractivity contribution in [2.75, 3.05) is 39.5 Å². The molecule has 1 aliphatic rings. The number of rotatable bonds is 11. The molecule has 6 heteroatoms. The summed E-state index contributed by atoms with van der Waals surface area (Å²) >= 11 is 0. The van der Waals surface area contributed by atoms with Crippen LogP contribution in [0.15, 0.2) is 58.1 Å². The third-order valence-corrected chi connectivity index (χ3v) is 5.31. The van der Waals surface area contributed by atoms with Crippen LogP contribution in [0.25, 0.3) is 0 Å². The van der Waals surface area contributed by atoms with E-state index in [0.717, 1.165) is 76.9 Å². The smallest absolute Gasteiger partial charge is 0.191 e. The third kappa shape index (κ3) is 8.20. The van der Waals surface area contributed by atoms with E-state index in [1.54, 1.807) is 6.26 Å². The molecular formula is C24H35N3O3. The zero-order chi connectivity index (χ0) is 20.9. The topological polar surface area (TPSA) is 68.0 Å². The Morgan fingerprint density at radius 2 is 2.00 bits per heavy atom. The van der Waals surface area contributed by atoms with Gasteiger partial charge in [-0.25, -0.2) is 0 Å². The molecule has 0 spiro atoms. The van der Waals surface area contributed by atoms with Gasteiger partial charge in [0.25, 0.3) is 0 Å². The van der Waals surface area contributed by atoms with E-state index in [0.29, 0.717) is 5.92 Å². The van der Waals surface area contributed by atoms with E-state index in [4.69, 9.17) is 18.9 Å². The van der Waals surface area contributed by atoms with Gasteiger partial charge in [-0.1, -0.05) is 30.3 Å². The fourth-order valence-electron chi connectivity index (χ4n) is 3.46. The minimum Gasteiger partial charge on any atom is -0.469 e. The van der Waals surface area contributed by atoms with E-state index in [-0.39, 0.29) is 6.04 Å². The molecule has 1 unspecified atom stereocenters. The van der Waals surface area contributed by atoms with E-state index in [2.05, 4.69) is 41.8 Å². The zero-order valence-electron chi connectivity index (χ0n) is 18.0. The molecule has 2 aromatic rings. The molecule has 1 aromatic heterocycles. The fraction of sp³-hybridized carbons (Fsp3) is 0.542. The number of hydrogen-bond acceptors (Lipinski definition) is 4. The Morgan fingerprint density at radius 3 is 2.77 bits per heavy atom. The highest BCUT2D eigenvalue weighted by Crippen LogP contribution is 2.14. The van der Waals surface area contributed by atoms with E-state index in [1.807, 2.05) is 18.2 Å². The molecule has 1 aromatic carbocycles. The van der Waals surface area contributed by atoms with Gasteiger partial charge in [0.1, 0.15) is 5.76 Å². The van der Waals surface area contributed by atoms with Crippen LogP contribution in [0.1, 0.15) is 43.6 Å². The second-order valence-corrected chi connectivity index (χ2v) is 7.75. The second kappa shape index (κ2) is 13.1. The van der Waals surface area contributed by atoms with Gasteiger partial charge in [0.2, 0.25) is 0 Å². The molecule has 0 amide bonds. The molecule has 0 aliphatic carbocycles. The average Bonchev–Trinajstić information content (AvgIpc) is 3.30. The van der Waals surface area contributed by atoms with Crippen LogP contribution < -0.4 is 10.6 Å². The van der Waals surface area contributed by atoms with Crippen molar-refractivity contribution < 1.29 is 13.9 Å². The Balaban J connectivity index is 1.42. The molecule has 0 radical (unpaired) electrons. The van der Waals surface area contributed by atoms with Crippen LogP contribution in [0.2, 0.25) is 0 Å². The maximum absolute atomic E-state index is 5.86. The van der Waals surface area contributed by atoms with Crippen molar-refractivity contribution >= 4 is 5.96 Å². The van der Waals surface area contributed by atoms with Gasteiger partial charge in [0.15, 0.2) is 5.96 Å². The molecular weight excluding hydrogens is 378 g/mol. The number of furan rings is 1. The number of hydrogen-bond donors (Lipinski definition) is 2. The van der Waals surface area contributed by atoms with E-state index >= 15 is 0 Å². The number of guanidine groups is 1. The summed E-state index contributed by atoms with van der Waals surface area (Å²) in [6.45, 7) is 6.97. The number of nitrogens with zero attached hydrogens (tertiary/aromatic N) is 1. The first-order valence-corrected chi connectivity index (χ1v) is 11.1. The number of ether oxygens (including phenoxy) is 2. The summed E-state index contributed by atoms with van der Waals surface area (Å²) in [4.78, 5) is 4.76. The van der Waals surface area contributed by atoms with Gasteiger partial charge < -0.3 is 24.5 Å². The van der Waals surface area contributed by atoms with Gasteiger partial charge in [-0.15, -0.1) is 0 Å². The Kier molecular flexibility index (Phi) is 9.76. The van der Waals surface area contributed by atoms with Crippen LogP contribution in [-0.2, 0) is 15.9 Å². The molecule has 2 N–H and O–H groups in total. The molecule has 1 atom stereocenters. The highest BCUT2D eigenvalue weighted by atomic mass is 16.5. The molecule has 6 nitrogen and oxygen atoms in total. The summed E-state index contributed by atoms with van der Waals surface area (Å²) in [6, 6.07) is 14.5. The van der Waals surface area contributed by atoms with Crippen molar-refractivity contribution in [2.24, 2.45) is 10.9 Å². The quantitative estimate of drug-likeness (QED) is 0.332. The lowest BCUT2D eigenvalue weighted by atomic mass is 10.0. The molecule has 2 heterocycles. The summed E-state index contributed by atoms with van der Waals surface area (Å²) in [5, 5.41) is 6.94. The minimum absolute atomic E-state index is 0.172. The second-order valence-electron chi connectivity index (χ2n) is 7.75. The first-order valence-electron chi connectivity index (χ1n) is 11.1. The van der Waals surface area contributed by atoms with Crippen LogP contribution in [0.3, 0.4) is 0 Å². The van der Waals surface area contributed by atoms with Gasteiger partial charge in [0.05, 0.1) is 12.3 Å². The summed E-state index contributed by atoms with van der Waals surface area (Å²) in [5.41, 5.74) is 1.23. The lowest BCUT2D eigenvalue weighted by molar-refractivity contribution is 0.0205. The van der Waals surface area contributed by atoms with Gasteiger partial charge in [-0.3, -0.25) is 4.99 Å². The summed E-state index contributed by atoms with van der Waals surface area (Å²) < 4.78 is 16.7. The van der Waals surface area contributed by atoms with E-state index in [1.165, 1.54) is 5.56 Å². The van der Waals surface area contributed by atoms with Gasteiger partial charge in [0, 0.05) is 45.9 Å². The molecule has 0 bridgehead atoms. The molecule has 1 fully saturated rings. The summed E-state index contributed by atoms with van der Waals surface area (Å²) in [7, 11) is 0. The maximum Gasteiger partial charge on any atom is 0.191 e. The van der Waals surface area contributed by atoms with Crippen molar-refractivity contribution in [1.82, 2.24) is 10.6 Å². The Morgan fingerprint density at radius 1 is 1.17 bits per heavy atom. The molecule has 1 aliphatic heterocycles. The highest BCUT2D eigenvalue weighted by Gasteiger charge is 2.13. The van der Waals surface area contributed by atoms with Crippen LogP contribution in [0.5, 0.6) is 0 Å². The normalized spacial score (nSPS) is 16.4. The number of nitrogens with one attached hydrogen (secondary N) is 2. The van der Waals surface area contributed by atoms with Crippen molar-refractivity contribution in [3.63, 3.8) is 0 Å². The van der Waals surface area contributed by atoms with Crippen molar-refractivity contribution in [2.45, 2.75) is 38.6 Å². The molecule has 1 saturated heterocycles. The van der Waals surface area contributed by atoms with Crippen molar-refractivity contribution in [1.29, 1.82) is 0 Å². The van der Waals surface area contributed by atoms with Gasteiger partial charge in [-0.2, -0.15) is 0 Å². The van der Waals surface area contributed by atoms with Crippen molar-refractivity contribution in [3.05, 3.63) is 60.1 Å². The largest absolute Gasteiger partial charge is 0.469 e. The van der Waals surface area contributed by atoms with Crippen LogP contribution in [0, 0.1) is 5.92 Å². The van der Waals surface area contributed by atoms with Gasteiger partial charge >= 0.3 is 0 Å². The molecule has 164 valence electrons. The standard InChI is InChI=1S/C24H35N3O3/c1-20(22-7-3-2-4-8-22)27-24(26-14-10-23-9-5-16-30-23)25-13-6-15-29-19-21-11-17-28-18-12-21/h2-5,7-9,16,20-21H,6,10-15,17-19H2,1H3,(H2,25,26,27). The van der Waals surface area contributed by atoms with E-state index in [9.17, 15) is 0 Å². The Hall–Kier alpha value is -2.31. The minimum atomic E-state index is 0.172. The predicted molar refractivity (Wildman–Crippen MR) is 120 cm³/mol. The fourth-order valence-corrected chi connectivity index (χ4v) is 3.46. The van der Waals surface area contributed by atoms with Gasteiger partial charge in [-0.05, 0) is 49.8 Å². The Bertz CT molecular complexity index is 713. The molecule has 30 heavy (non-hydrogen) atoms. The monoisotopic (exact) mass is 413 g/mol. The average molecular weight is 414 g/mol.